The number of piperidine rings is 1. The zero-order chi connectivity index (χ0) is 16.7. The fraction of sp³-hybridized carbons (Fsp3) is 0.526. The Hall–Kier alpha value is -1.85. The molecule has 1 aromatic heterocycles. The number of pyridine rings is 1. The van der Waals surface area contributed by atoms with Gasteiger partial charge in [0.25, 0.3) is 5.56 Å². The molecule has 1 atom stereocenters. The SMILES string of the molecule is CC(CN)N1CCC(N2CCc3c[nH]c(=O)c4cccc2c34)CC1. The number of benzene rings is 1. The van der Waals surface area contributed by atoms with E-state index in [4.69, 9.17) is 5.73 Å². The molecule has 0 aliphatic carbocycles. The molecule has 1 unspecified atom stereocenters. The van der Waals surface area contributed by atoms with Crippen molar-refractivity contribution >= 4 is 16.5 Å². The molecule has 0 saturated carbocycles. The van der Waals surface area contributed by atoms with Gasteiger partial charge in [-0.25, -0.2) is 0 Å². The van der Waals surface area contributed by atoms with Crippen LogP contribution in [0, 0.1) is 0 Å². The number of hydrogen-bond donors (Lipinski definition) is 2. The smallest absolute Gasteiger partial charge is 0.255 e. The maximum absolute atomic E-state index is 12.2. The molecule has 2 aromatic rings. The average molecular weight is 326 g/mol. The highest BCUT2D eigenvalue weighted by Gasteiger charge is 2.29. The van der Waals surface area contributed by atoms with E-state index in [9.17, 15) is 4.79 Å². The molecule has 0 radical (unpaired) electrons. The van der Waals surface area contributed by atoms with E-state index in [1.54, 1.807) is 0 Å². The van der Waals surface area contributed by atoms with Crippen LogP contribution < -0.4 is 16.2 Å². The minimum Gasteiger partial charge on any atom is -0.368 e. The Kier molecular flexibility index (Phi) is 4.06. The van der Waals surface area contributed by atoms with Gasteiger partial charge < -0.3 is 15.6 Å². The van der Waals surface area contributed by atoms with E-state index in [1.807, 2.05) is 18.3 Å². The quantitative estimate of drug-likeness (QED) is 0.901. The number of aromatic nitrogens is 1. The molecule has 1 aromatic carbocycles. The maximum atomic E-state index is 12.2. The van der Waals surface area contributed by atoms with Crippen LogP contribution in [0.2, 0.25) is 0 Å². The van der Waals surface area contributed by atoms with Crippen LogP contribution in [0.3, 0.4) is 0 Å². The van der Waals surface area contributed by atoms with Gasteiger partial charge in [-0.2, -0.15) is 0 Å². The van der Waals surface area contributed by atoms with E-state index in [0.29, 0.717) is 12.1 Å². The number of H-pyrrole nitrogens is 1. The fourth-order valence-electron chi connectivity index (χ4n) is 4.33. The lowest BCUT2D eigenvalue weighted by Gasteiger charge is -2.43. The summed E-state index contributed by atoms with van der Waals surface area (Å²) >= 11 is 0. The van der Waals surface area contributed by atoms with Crippen molar-refractivity contribution < 1.29 is 0 Å². The van der Waals surface area contributed by atoms with Crippen molar-refractivity contribution in [3.8, 4) is 0 Å². The molecular formula is C19H26N4O. The molecular weight excluding hydrogens is 300 g/mol. The van der Waals surface area contributed by atoms with Crippen molar-refractivity contribution in [1.82, 2.24) is 9.88 Å². The van der Waals surface area contributed by atoms with Gasteiger partial charge in [0, 0.05) is 60.9 Å². The Morgan fingerprint density at radius 1 is 1.29 bits per heavy atom. The number of aromatic amines is 1. The van der Waals surface area contributed by atoms with Gasteiger partial charge in [-0.15, -0.1) is 0 Å². The second kappa shape index (κ2) is 6.22. The van der Waals surface area contributed by atoms with Crippen LogP contribution in [0.4, 0.5) is 5.69 Å². The molecule has 128 valence electrons. The van der Waals surface area contributed by atoms with Gasteiger partial charge >= 0.3 is 0 Å². The second-order valence-electron chi connectivity index (χ2n) is 7.14. The highest BCUT2D eigenvalue weighted by atomic mass is 16.1. The van der Waals surface area contributed by atoms with Crippen LogP contribution >= 0.6 is 0 Å². The van der Waals surface area contributed by atoms with E-state index in [-0.39, 0.29) is 5.56 Å². The first kappa shape index (κ1) is 15.7. The Morgan fingerprint density at radius 3 is 2.83 bits per heavy atom. The highest BCUT2D eigenvalue weighted by molar-refractivity contribution is 5.97. The van der Waals surface area contributed by atoms with Crippen LogP contribution in [0.1, 0.15) is 25.3 Å². The number of nitrogens with two attached hydrogens (primary N) is 1. The van der Waals surface area contributed by atoms with Gasteiger partial charge in [-0.3, -0.25) is 9.69 Å². The summed E-state index contributed by atoms with van der Waals surface area (Å²) < 4.78 is 0. The number of likely N-dealkylation sites (tertiary alicyclic amines) is 1. The van der Waals surface area contributed by atoms with Crippen molar-refractivity contribution in [2.75, 3.05) is 31.1 Å². The topological polar surface area (TPSA) is 65.4 Å². The summed E-state index contributed by atoms with van der Waals surface area (Å²) in [5.74, 6) is 0. The molecule has 0 spiro atoms. The third kappa shape index (κ3) is 2.52. The lowest BCUT2D eigenvalue weighted by atomic mass is 9.94. The predicted octanol–water partition coefficient (Wildman–Crippen LogP) is 1.70. The molecule has 2 aliphatic heterocycles. The van der Waals surface area contributed by atoms with Crippen molar-refractivity contribution in [3.05, 3.63) is 40.3 Å². The van der Waals surface area contributed by atoms with Gasteiger partial charge in [-0.1, -0.05) is 6.07 Å². The Balaban J connectivity index is 1.63. The number of rotatable bonds is 3. The zero-order valence-corrected chi connectivity index (χ0v) is 14.3. The Labute approximate surface area is 142 Å². The van der Waals surface area contributed by atoms with E-state index in [0.717, 1.165) is 43.4 Å². The van der Waals surface area contributed by atoms with Crippen LogP contribution in [-0.2, 0) is 6.42 Å². The average Bonchev–Trinajstić information content (AvgIpc) is 2.64. The number of nitrogens with zero attached hydrogens (tertiary/aromatic N) is 2. The lowest BCUT2D eigenvalue weighted by Crippen LogP contribution is -2.50. The second-order valence-corrected chi connectivity index (χ2v) is 7.14. The van der Waals surface area contributed by atoms with Crippen molar-refractivity contribution in [3.63, 3.8) is 0 Å². The Morgan fingerprint density at radius 2 is 2.08 bits per heavy atom. The minimum atomic E-state index is 0.0176. The number of nitrogens with one attached hydrogen (secondary N) is 1. The molecule has 24 heavy (non-hydrogen) atoms. The summed E-state index contributed by atoms with van der Waals surface area (Å²) in [4.78, 5) is 20.1. The first-order chi connectivity index (χ1) is 11.7. The summed E-state index contributed by atoms with van der Waals surface area (Å²) in [7, 11) is 0. The minimum absolute atomic E-state index is 0.0176. The molecule has 3 N–H and O–H groups in total. The van der Waals surface area contributed by atoms with Gasteiger partial charge in [-0.05, 0) is 43.9 Å². The first-order valence-corrected chi connectivity index (χ1v) is 9.03. The van der Waals surface area contributed by atoms with Gasteiger partial charge in [0.1, 0.15) is 0 Å². The van der Waals surface area contributed by atoms with Gasteiger partial charge in [0.15, 0.2) is 0 Å². The summed E-state index contributed by atoms with van der Waals surface area (Å²) in [6, 6.07) is 7.16. The van der Waals surface area contributed by atoms with Crippen LogP contribution in [0.25, 0.3) is 10.8 Å². The first-order valence-electron chi connectivity index (χ1n) is 9.03. The fourth-order valence-corrected chi connectivity index (χ4v) is 4.33. The standard InChI is InChI=1S/C19H26N4O/c1-13(11-20)22-8-6-15(7-9-22)23-10-5-14-12-21-19(24)16-3-2-4-17(23)18(14)16/h2-4,12-13,15H,5-11,20H2,1H3,(H,21,24). The van der Waals surface area contributed by atoms with Gasteiger partial charge in [0.2, 0.25) is 0 Å². The van der Waals surface area contributed by atoms with E-state index >= 15 is 0 Å². The molecule has 3 heterocycles. The largest absolute Gasteiger partial charge is 0.368 e. The molecule has 0 bridgehead atoms. The van der Waals surface area contributed by atoms with Crippen LogP contribution in [-0.4, -0.2) is 48.1 Å². The van der Waals surface area contributed by atoms with Crippen molar-refractivity contribution in [1.29, 1.82) is 0 Å². The molecule has 2 aliphatic rings. The number of hydrogen-bond acceptors (Lipinski definition) is 4. The maximum Gasteiger partial charge on any atom is 0.255 e. The highest BCUT2D eigenvalue weighted by Crippen LogP contribution is 2.35. The van der Waals surface area contributed by atoms with Crippen molar-refractivity contribution in [2.24, 2.45) is 5.73 Å². The third-order valence-electron chi connectivity index (χ3n) is 5.82. The van der Waals surface area contributed by atoms with Gasteiger partial charge in [0.05, 0.1) is 0 Å². The normalized spacial score (nSPS) is 20.5. The van der Waals surface area contributed by atoms with Crippen molar-refractivity contribution in [2.45, 2.75) is 38.3 Å². The van der Waals surface area contributed by atoms with E-state index < -0.39 is 0 Å². The molecule has 1 saturated heterocycles. The van der Waals surface area contributed by atoms with E-state index in [2.05, 4.69) is 27.8 Å². The third-order valence-corrected chi connectivity index (χ3v) is 5.82. The summed E-state index contributed by atoms with van der Waals surface area (Å²) in [6.45, 7) is 6.19. The van der Waals surface area contributed by atoms with Crippen LogP contribution in [0.15, 0.2) is 29.2 Å². The molecule has 0 amide bonds. The monoisotopic (exact) mass is 326 g/mol. The molecule has 5 nitrogen and oxygen atoms in total. The number of anilines is 1. The van der Waals surface area contributed by atoms with E-state index in [1.165, 1.54) is 24.1 Å². The predicted molar refractivity (Wildman–Crippen MR) is 98.7 cm³/mol. The zero-order valence-electron chi connectivity index (χ0n) is 14.3. The molecule has 4 rings (SSSR count). The Bertz CT molecular complexity index is 792. The summed E-state index contributed by atoms with van der Waals surface area (Å²) in [5.41, 5.74) is 8.34. The summed E-state index contributed by atoms with van der Waals surface area (Å²) in [5, 5.41) is 1.98. The summed E-state index contributed by atoms with van der Waals surface area (Å²) in [6.07, 6.45) is 5.24. The molecule has 1 fully saturated rings. The van der Waals surface area contributed by atoms with Crippen LogP contribution in [0.5, 0.6) is 0 Å². The lowest BCUT2D eigenvalue weighted by molar-refractivity contribution is 0.163. The molecule has 5 heteroatoms.